The molecular formula is C19H24F3N3O6S. The molecule has 13 heteroatoms. The number of ether oxygens (including phenoxy) is 1. The van der Waals surface area contributed by atoms with Crippen LogP contribution < -0.4 is 14.8 Å². The Morgan fingerprint density at radius 3 is 2.66 bits per heavy atom. The van der Waals surface area contributed by atoms with E-state index in [-0.39, 0.29) is 25.1 Å². The van der Waals surface area contributed by atoms with Crippen LogP contribution in [0.2, 0.25) is 0 Å². The van der Waals surface area contributed by atoms with Crippen LogP contribution in [0.15, 0.2) is 30.4 Å². The lowest BCUT2D eigenvalue weighted by Gasteiger charge is -2.28. The topological polar surface area (TPSA) is 125 Å². The van der Waals surface area contributed by atoms with Gasteiger partial charge in [0.2, 0.25) is 15.9 Å². The van der Waals surface area contributed by atoms with Gasteiger partial charge in [-0.15, -0.1) is 0 Å². The Bertz CT molecular complexity index is 973. The average Bonchev–Trinajstić information content (AvgIpc) is 3.05. The number of sulfonamides is 1. The molecular weight excluding hydrogens is 455 g/mol. The number of nitrogens with one attached hydrogen (secondary N) is 2. The number of imide groups is 1. The summed E-state index contributed by atoms with van der Waals surface area (Å²) in [7, 11) is -3.88. The van der Waals surface area contributed by atoms with Crippen LogP contribution in [0, 0.1) is 5.82 Å². The largest absolute Gasteiger partial charge is 0.485 e. The molecule has 1 aliphatic heterocycles. The molecule has 0 aliphatic carbocycles. The number of alkyl halides is 2. The van der Waals surface area contributed by atoms with Gasteiger partial charge in [0.1, 0.15) is 18.8 Å². The number of benzene rings is 1. The third-order valence-electron chi connectivity index (χ3n) is 4.68. The highest BCUT2D eigenvalue weighted by Gasteiger charge is 2.30. The molecule has 0 bridgehead atoms. The minimum atomic E-state index is -3.88. The number of aliphatic hydroxyl groups is 1. The third-order valence-corrected chi connectivity index (χ3v) is 5.89. The number of hydrogen-bond acceptors (Lipinski definition) is 6. The lowest BCUT2D eigenvalue weighted by atomic mass is 9.91. The van der Waals surface area contributed by atoms with Crippen molar-refractivity contribution in [3.8, 4) is 5.75 Å². The van der Waals surface area contributed by atoms with E-state index in [1.807, 2.05) is 0 Å². The first kappa shape index (κ1) is 25.6. The van der Waals surface area contributed by atoms with Gasteiger partial charge in [0.25, 0.3) is 6.43 Å². The number of urea groups is 1. The van der Waals surface area contributed by atoms with E-state index >= 15 is 0 Å². The molecule has 2 rings (SSSR count). The van der Waals surface area contributed by atoms with Crippen molar-refractivity contribution < 1.29 is 41.0 Å². The monoisotopic (exact) mass is 479 g/mol. The molecule has 0 spiro atoms. The predicted molar refractivity (Wildman–Crippen MR) is 108 cm³/mol. The maximum atomic E-state index is 13.8. The van der Waals surface area contributed by atoms with Gasteiger partial charge in [-0.1, -0.05) is 25.1 Å². The molecule has 0 aromatic heterocycles. The molecule has 3 N–H and O–H groups in total. The Morgan fingerprint density at radius 1 is 1.34 bits per heavy atom. The summed E-state index contributed by atoms with van der Waals surface area (Å²) < 4.78 is 69.9. The summed E-state index contributed by atoms with van der Waals surface area (Å²) in [5.41, 5.74) is -1.66. The van der Waals surface area contributed by atoms with Gasteiger partial charge in [0.05, 0.1) is 5.75 Å². The zero-order valence-corrected chi connectivity index (χ0v) is 18.0. The minimum absolute atomic E-state index is 0.0311. The molecule has 1 aromatic rings. The summed E-state index contributed by atoms with van der Waals surface area (Å²) >= 11 is 0. The van der Waals surface area contributed by atoms with Crippen molar-refractivity contribution in [3.05, 3.63) is 41.7 Å². The summed E-state index contributed by atoms with van der Waals surface area (Å²) in [6, 6.07) is 2.64. The zero-order chi connectivity index (χ0) is 23.9. The van der Waals surface area contributed by atoms with E-state index in [4.69, 9.17) is 4.74 Å². The molecule has 1 fully saturated rings. The fourth-order valence-corrected chi connectivity index (χ4v) is 3.77. The van der Waals surface area contributed by atoms with Crippen molar-refractivity contribution in [1.29, 1.82) is 0 Å². The van der Waals surface area contributed by atoms with Crippen LogP contribution in [0.4, 0.5) is 18.0 Å². The Kier molecular flexibility index (Phi) is 8.64. The van der Waals surface area contributed by atoms with Gasteiger partial charge in [-0.3, -0.25) is 10.1 Å². The van der Waals surface area contributed by atoms with Gasteiger partial charge in [-0.05, 0) is 24.1 Å². The van der Waals surface area contributed by atoms with Crippen LogP contribution >= 0.6 is 0 Å². The maximum absolute atomic E-state index is 13.8. The molecule has 0 radical (unpaired) electrons. The van der Waals surface area contributed by atoms with E-state index in [0.717, 1.165) is 12.1 Å². The molecule has 3 amide bonds. The summed E-state index contributed by atoms with van der Waals surface area (Å²) in [6.07, 6.45) is -0.0832. The molecule has 1 aliphatic rings. The van der Waals surface area contributed by atoms with Gasteiger partial charge >= 0.3 is 6.03 Å². The normalized spacial score (nSPS) is 16.6. The van der Waals surface area contributed by atoms with Crippen LogP contribution in [-0.4, -0.2) is 68.8 Å². The Balaban J connectivity index is 1.98. The predicted octanol–water partition coefficient (Wildman–Crippen LogP) is 1.09. The van der Waals surface area contributed by atoms with Gasteiger partial charge in [-0.25, -0.2) is 31.1 Å². The summed E-state index contributed by atoms with van der Waals surface area (Å²) in [6.45, 7) is 0.0146. The van der Waals surface area contributed by atoms with Gasteiger partial charge in [0, 0.05) is 13.1 Å². The third kappa shape index (κ3) is 7.21. The number of rotatable bonds is 12. The van der Waals surface area contributed by atoms with Crippen LogP contribution in [0.5, 0.6) is 5.75 Å². The first-order valence-corrected chi connectivity index (χ1v) is 11.3. The van der Waals surface area contributed by atoms with Crippen molar-refractivity contribution >= 4 is 22.0 Å². The molecule has 9 nitrogen and oxygen atoms in total. The van der Waals surface area contributed by atoms with Gasteiger partial charge in [-0.2, -0.15) is 0 Å². The average molecular weight is 479 g/mol. The van der Waals surface area contributed by atoms with Crippen molar-refractivity contribution in [2.24, 2.45) is 0 Å². The summed E-state index contributed by atoms with van der Waals surface area (Å²) in [4.78, 5) is 23.7. The van der Waals surface area contributed by atoms with Crippen LogP contribution in [0.3, 0.4) is 0 Å². The first-order chi connectivity index (χ1) is 15.0. The van der Waals surface area contributed by atoms with Crippen molar-refractivity contribution in [2.75, 3.05) is 32.0 Å². The van der Waals surface area contributed by atoms with Crippen molar-refractivity contribution in [3.63, 3.8) is 0 Å². The molecule has 1 aromatic carbocycles. The molecule has 0 saturated carbocycles. The number of nitrogens with zero attached hydrogens (tertiary/aromatic N) is 1. The number of carbonyl (C=O) groups excluding carboxylic acids is 2. The van der Waals surface area contributed by atoms with E-state index in [1.165, 1.54) is 23.1 Å². The second-order valence-electron chi connectivity index (χ2n) is 7.04. The highest BCUT2D eigenvalue weighted by Crippen LogP contribution is 2.29. The highest BCUT2D eigenvalue weighted by molar-refractivity contribution is 7.89. The smallest absolute Gasteiger partial charge is 0.324 e. The minimum Gasteiger partial charge on any atom is -0.485 e. The second-order valence-corrected chi connectivity index (χ2v) is 8.89. The summed E-state index contributed by atoms with van der Waals surface area (Å²) in [5, 5.41) is 13.0. The fraction of sp³-hybridized carbons (Fsp3) is 0.474. The van der Waals surface area contributed by atoms with E-state index in [9.17, 15) is 36.3 Å². The molecule has 1 heterocycles. The van der Waals surface area contributed by atoms with E-state index in [0.29, 0.717) is 0 Å². The molecule has 1 saturated heterocycles. The van der Waals surface area contributed by atoms with Gasteiger partial charge in [0.15, 0.2) is 11.6 Å². The SMILES string of the molecule is CC[C@@](O)(CNS(=O)(=O)C/C=C/CN1CC(=O)NC1=O)c1ccc(F)c(OCC(F)F)c1. The lowest BCUT2D eigenvalue weighted by Crippen LogP contribution is -2.41. The van der Waals surface area contributed by atoms with Gasteiger partial charge < -0.3 is 14.7 Å². The molecule has 1 atom stereocenters. The van der Waals surface area contributed by atoms with Crippen LogP contribution in [0.1, 0.15) is 18.9 Å². The zero-order valence-electron chi connectivity index (χ0n) is 17.2. The summed E-state index contributed by atoms with van der Waals surface area (Å²) in [5.74, 6) is -2.28. The number of amides is 3. The number of hydrogen-bond donors (Lipinski definition) is 3. The first-order valence-electron chi connectivity index (χ1n) is 9.60. The maximum Gasteiger partial charge on any atom is 0.324 e. The molecule has 0 unspecified atom stereocenters. The van der Waals surface area contributed by atoms with E-state index in [1.54, 1.807) is 6.92 Å². The number of carbonyl (C=O) groups is 2. The molecule has 32 heavy (non-hydrogen) atoms. The van der Waals surface area contributed by atoms with E-state index < -0.39 is 64.5 Å². The Morgan fingerprint density at radius 2 is 2.06 bits per heavy atom. The molecule has 178 valence electrons. The van der Waals surface area contributed by atoms with Crippen LogP contribution in [0.25, 0.3) is 0 Å². The Hall–Kier alpha value is -2.64. The fourth-order valence-electron chi connectivity index (χ4n) is 2.80. The van der Waals surface area contributed by atoms with Crippen molar-refractivity contribution in [2.45, 2.75) is 25.4 Å². The van der Waals surface area contributed by atoms with Crippen molar-refractivity contribution in [1.82, 2.24) is 14.9 Å². The highest BCUT2D eigenvalue weighted by atomic mass is 32.2. The quantitative estimate of drug-likeness (QED) is 0.305. The van der Waals surface area contributed by atoms with Crippen LogP contribution in [-0.2, 0) is 20.4 Å². The number of halogens is 3. The second kappa shape index (κ2) is 10.8. The van der Waals surface area contributed by atoms with E-state index in [2.05, 4.69) is 10.0 Å². The Labute approximate surface area is 183 Å². The lowest BCUT2D eigenvalue weighted by molar-refractivity contribution is -0.118. The standard InChI is InChI=1S/C19H24F3N3O6S/c1-2-19(28,13-5-6-14(20)15(9-13)31-11-16(21)22)12-23-32(29,30)8-4-3-7-25-10-17(26)24-18(25)27/h3-6,9,16,23,28H,2,7-8,10-12H2,1H3,(H,24,26,27)/b4-3+/t19-/m1/s1.